The number of hydrogen-bond acceptors (Lipinski definition) is 3. The van der Waals surface area contributed by atoms with Gasteiger partial charge in [-0.05, 0) is 24.5 Å². The average Bonchev–Trinajstić information content (AvgIpc) is 2.53. The Hall–Kier alpha value is -1.59. The summed E-state index contributed by atoms with van der Waals surface area (Å²) in [5.41, 5.74) is 2.43. The second-order valence-corrected chi connectivity index (χ2v) is 5.25. The number of hydrogen-bond donors (Lipinski definition) is 2. The highest BCUT2D eigenvalue weighted by Crippen LogP contribution is 2.10. The van der Waals surface area contributed by atoms with Crippen molar-refractivity contribution in [2.24, 2.45) is 4.99 Å². The molecule has 5 nitrogen and oxygen atoms in total. The highest BCUT2D eigenvalue weighted by molar-refractivity contribution is 5.79. The summed E-state index contributed by atoms with van der Waals surface area (Å²) in [4.78, 5) is 4.24. The Kier molecular flexibility index (Phi) is 9.26. The van der Waals surface area contributed by atoms with Gasteiger partial charge in [0, 0.05) is 33.4 Å². The fourth-order valence-electron chi connectivity index (χ4n) is 2.10. The first-order valence-corrected chi connectivity index (χ1v) is 7.81. The molecule has 124 valence electrons. The van der Waals surface area contributed by atoms with Crippen LogP contribution in [0.4, 0.5) is 0 Å². The lowest BCUT2D eigenvalue weighted by molar-refractivity contribution is 0.121. The zero-order valence-electron chi connectivity index (χ0n) is 14.2. The van der Waals surface area contributed by atoms with Gasteiger partial charge in [0.15, 0.2) is 5.96 Å². The minimum atomic E-state index is 0.208. The molecule has 0 aliphatic heterocycles. The van der Waals surface area contributed by atoms with Crippen LogP contribution in [0.3, 0.4) is 0 Å². The van der Waals surface area contributed by atoms with E-state index >= 15 is 0 Å². The summed E-state index contributed by atoms with van der Waals surface area (Å²) >= 11 is 0. The molecule has 22 heavy (non-hydrogen) atoms. The molecule has 0 bridgehead atoms. The molecule has 0 amide bonds. The van der Waals surface area contributed by atoms with Crippen LogP contribution in [-0.4, -0.2) is 39.4 Å². The van der Waals surface area contributed by atoms with E-state index in [-0.39, 0.29) is 6.04 Å². The molecule has 0 saturated carbocycles. The van der Waals surface area contributed by atoms with Crippen LogP contribution in [0.5, 0.6) is 0 Å². The molecule has 5 heteroatoms. The molecule has 0 aliphatic carbocycles. The molecule has 1 rings (SSSR count). The third kappa shape index (κ3) is 6.91. The molecule has 2 N–H and O–H groups in total. The first-order chi connectivity index (χ1) is 10.7. The van der Waals surface area contributed by atoms with E-state index in [1.165, 1.54) is 11.1 Å². The molecule has 0 aliphatic rings. The van der Waals surface area contributed by atoms with Gasteiger partial charge in [-0.25, -0.2) is 0 Å². The molecule has 0 radical (unpaired) electrons. The topological polar surface area (TPSA) is 54.9 Å². The Morgan fingerprint density at radius 3 is 2.64 bits per heavy atom. The minimum Gasteiger partial charge on any atom is -0.383 e. The summed E-state index contributed by atoms with van der Waals surface area (Å²) in [5, 5.41) is 6.63. The number of guanidine groups is 1. The summed E-state index contributed by atoms with van der Waals surface area (Å²) in [6, 6.07) is 8.52. The molecule has 0 aromatic heterocycles. The lowest BCUT2D eigenvalue weighted by Crippen LogP contribution is -2.43. The zero-order chi connectivity index (χ0) is 16.2. The van der Waals surface area contributed by atoms with Crippen LogP contribution < -0.4 is 10.6 Å². The number of nitrogens with zero attached hydrogens (tertiary/aromatic N) is 1. The molecule has 1 unspecified atom stereocenters. The Balaban J connectivity index is 2.55. The first-order valence-electron chi connectivity index (χ1n) is 7.81. The molecule has 0 heterocycles. The maximum absolute atomic E-state index is 5.65. The average molecular weight is 307 g/mol. The highest BCUT2D eigenvalue weighted by atomic mass is 16.5. The summed E-state index contributed by atoms with van der Waals surface area (Å²) in [6.45, 7) is 6.97. The first kappa shape index (κ1) is 18.5. The molecule has 1 atom stereocenters. The van der Waals surface area contributed by atoms with Gasteiger partial charge in [-0.2, -0.15) is 0 Å². The van der Waals surface area contributed by atoms with E-state index in [9.17, 15) is 0 Å². The minimum absolute atomic E-state index is 0.208. The van der Waals surface area contributed by atoms with Gasteiger partial charge in [-0.15, -0.1) is 0 Å². The molecule has 1 aromatic rings. The second kappa shape index (κ2) is 11.0. The number of aliphatic imine (C=N–C) groups is 1. The van der Waals surface area contributed by atoms with Crippen LogP contribution in [-0.2, 0) is 22.6 Å². The summed E-state index contributed by atoms with van der Waals surface area (Å²) in [7, 11) is 3.46. The number of rotatable bonds is 9. The Morgan fingerprint density at radius 2 is 2.00 bits per heavy atom. The zero-order valence-corrected chi connectivity index (χ0v) is 14.2. The maximum atomic E-state index is 5.65. The van der Waals surface area contributed by atoms with Gasteiger partial charge in [0.05, 0.1) is 13.2 Å². The number of nitrogens with one attached hydrogen (secondary N) is 2. The monoisotopic (exact) mass is 307 g/mol. The van der Waals surface area contributed by atoms with Crippen molar-refractivity contribution in [3.63, 3.8) is 0 Å². The second-order valence-electron chi connectivity index (χ2n) is 5.25. The van der Waals surface area contributed by atoms with Crippen molar-refractivity contribution in [3.8, 4) is 0 Å². The normalized spacial score (nSPS) is 13.0. The van der Waals surface area contributed by atoms with Crippen molar-refractivity contribution in [2.45, 2.75) is 39.5 Å². The number of methoxy groups -OCH3 is 1. The predicted molar refractivity (Wildman–Crippen MR) is 91.1 cm³/mol. The van der Waals surface area contributed by atoms with E-state index in [1.54, 1.807) is 14.2 Å². The van der Waals surface area contributed by atoms with Crippen LogP contribution in [0.1, 0.15) is 31.4 Å². The summed E-state index contributed by atoms with van der Waals surface area (Å²) < 4.78 is 10.8. The highest BCUT2D eigenvalue weighted by Gasteiger charge is 2.06. The fraction of sp³-hybridized carbons (Fsp3) is 0.588. The predicted octanol–water partition coefficient (Wildman–Crippen LogP) is 2.31. The number of benzene rings is 1. The third-order valence-electron chi connectivity index (χ3n) is 3.19. The molecule has 0 fully saturated rings. The van der Waals surface area contributed by atoms with Crippen LogP contribution in [0.15, 0.2) is 29.3 Å². The smallest absolute Gasteiger partial charge is 0.191 e. The summed E-state index contributed by atoms with van der Waals surface area (Å²) in [5.74, 6) is 0.772. The van der Waals surface area contributed by atoms with Crippen LogP contribution in [0.25, 0.3) is 0 Å². The molecule has 0 saturated heterocycles. The van der Waals surface area contributed by atoms with Crippen molar-refractivity contribution < 1.29 is 9.47 Å². The number of ether oxygens (including phenoxy) is 2. The van der Waals surface area contributed by atoms with Crippen LogP contribution >= 0.6 is 0 Å². The van der Waals surface area contributed by atoms with Gasteiger partial charge in [0.1, 0.15) is 0 Å². The fourth-order valence-corrected chi connectivity index (χ4v) is 2.10. The Morgan fingerprint density at radius 1 is 1.27 bits per heavy atom. The van der Waals surface area contributed by atoms with Gasteiger partial charge in [0.2, 0.25) is 0 Å². The lowest BCUT2D eigenvalue weighted by Gasteiger charge is -2.18. The van der Waals surface area contributed by atoms with E-state index in [0.717, 1.165) is 19.0 Å². The van der Waals surface area contributed by atoms with Crippen LogP contribution in [0, 0.1) is 0 Å². The Bertz CT molecular complexity index is 449. The lowest BCUT2D eigenvalue weighted by atomic mass is 10.1. The van der Waals surface area contributed by atoms with Crippen LogP contribution in [0.2, 0.25) is 0 Å². The molecular weight excluding hydrogens is 278 g/mol. The van der Waals surface area contributed by atoms with E-state index in [1.807, 2.05) is 12.1 Å². The summed E-state index contributed by atoms with van der Waals surface area (Å²) in [6.07, 6.45) is 1.04. The van der Waals surface area contributed by atoms with Crippen molar-refractivity contribution in [1.29, 1.82) is 0 Å². The van der Waals surface area contributed by atoms with Gasteiger partial charge in [0.25, 0.3) is 0 Å². The van der Waals surface area contributed by atoms with E-state index in [0.29, 0.717) is 19.8 Å². The van der Waals surface area contributed by atoms with Crippen molar-refractivity contribution in [3.05, 3.63) is 35.4 Å². The van der Waals surface area contributed by atoms with E-state index < -0.39 is 0 Å². The maximum Gasteiger partial charge on any atom is 0.191 e. The largest absolute Gasteiger partial charge is 0.383 e. The third-order valence-corrected chi connectivity index (χ3v) is 3.19. The van der Waals surface area contributed by atoms with Crippen molar-refractivity contribution in [1.82, 2.24) is 10.6 Å². The van der Waals surface area contributed by atoms with Gasteiger partial charge in [-0.1, -0.05) is 31.2 Å². The van der Waals surface area contributed by atoms with Gasteiger partial charge in [-0.3, -0.25) is 4.99 Å². The van der Waals surface area contributed by atoms with Gasteiger partial charge < -0.3 is 20.1 Å². The molecular formula is C17H29N3O2. The quantitative estimate of drug-likeness (QED) is 0.418. The van der Waals surface area contributed by atoms with Crippen molar-refractivity contribution in [2.75, 3.05) is 27.4 Å². The van der Waals surface area contributed by atoms with E-state index in [4.69, 9.17) is 9.47 Å². The standard InChI is InChI=1S/C17H29N3O2/c1-5-10-22-13-16-9-7-6-8-15(16)11-19-17(18-3)20-14(2)12-21-4/h6-9,14H,5,10-13H2,1-4H3,(H2,18,19,20). The SMILES string of the molecule is CCCOCc1ccccc1CNC(=NC)NC(C)COC. The van der Waals surface area contributed by atoms with E-state index in [2.05, 4.69) is 41.6 Å². The van der Waals surface area contributed by atoms with Crippen molar-refractivity contribution >= 4 is 5.96 Å². The molecule has 0 spiro atoms. The molecule has 1 aromatic carbocycles. The Labute approximate surface area is 134 Å². The van der Waals surface area contributed by atoms with Gasteiger partial charge >= 0.3 is 0 Å².